The summed E-state index contributed by atoms with van der Waals surface area (Å²) < 4.78 is 39.1. The van der Waals surface area contributed by atoms with E-state index in [9.17, 15) is 18.0 Å². The molecule has 0 spiro atoms. The highest BCUT2D eigenvalue weighted by Crippen LogP contribution is 2.30. The summed E-state index contributed by atoms with van der Waals surface area (Å²) in [5, 5.41) is 17.2. The van der Waals surface area contributed by atoms with Gasteiger partial charge in [-0.1, -0.05) is 48.5 Å². The van der Waals surface area contributed by atoms with Gasteiger partial charge in [0, 0.05) is 36.0 Å². The van der Waals surface area contributed by atoms with Crippen LogP contribution in [0, 0.1) is 5.41 Å². The summed E-state index contributed by atoms with van der Waals surface area (Å²) in [6.45, 7) is -0.714. The molecule has 2 fully saturated rings. The summed E-state index contributed by atoms with van der Waals surface area (Å²) in [6, 6.07) is 17.6. The fraction of sp³-hybridized carbons (Fsp3) is 0.360. The molecule has 1 saturated carbocycles. The number of rotatable bonds is 6. The number of hydrogen-bond acceptors (Lipinski definition) is 4. The van der Waals surface area contributed by atoms with Crippen molar-refractivity contribution < 1.29 is 18.0 Å². The Balaban J connectivity index is 1.51. The lowest BCUT2D eigenvalue weighted by Gasteiger charge is -2.22. The molecule has 34 heavy (non-hydrogen) atoms. The van der Waals surface area contributed by atoms with Crippen molar-refractivity contribution in [1.29, 1.82) is 5.41 Å². The van der Waals surface area contributed by atoms with Crippen molar-refractivity contribution in [2.45, 2.75) is 37.4 Å². The summed E-state index contributed by atoms with van der Waals surface area (Å²) >= 11 is 0. The fourth-order valence-electron chi connectivity index (χ4n) is 4.64. The smallest absolute Gasteiger partial charge is 0.341 e. The van der Waals surface area contributed by atoms with E-state index < -0.39 is 24.8 Å². The third-order valence-corrected chi connectivity index (χ3v) is 6.14. The van der Waals surface area contributed by atoms with Gasteiger partial charge in [-0.05, 0) is 37.0 Å². The van der Waals surface area contributed by atoms with Crippen LogP contribution in [0.4, 0.5) is 23.7 Å². The molecule has 0 unspecified atom stereocenters. The van der Waals surface area contributed by atoms with E-state index in [0.29, 0.717) is 24.4 Å². The number of alkyl halides is 3. The molecule has 180 valence electrons. The molecule has 0 aromatic heterocycles. The number of carbonyl (C=O) groups is 1. The molecule has 0 radical (unpaired) electrons. The van der Waals surface area contributed by atoms with Crippen molar-refractivity contribution in [2.75, 3.05) is 25.0 Å². The van der Waals surface area contributed by atoms with E-state index in [1.807, 2.05) is 60.7 Å². The second-order valence-corrected chi connectivity index (χ2v) is 8.71. The topological polar surface area (TPSA) is 80.2 Å². The maximum Gasteiger partial charge on any atom is 0.401 e. The average Bonchev–Trinajstić information content (AvgIpc) is 3.39. The van der Waals surface area contributed by atoms with Crippen LogP contribution in [0.5, 0.6) is 0 Å². The quantitative estimate of drug-likeness (QED) is 0.487. The van der Waals surface area contributed by atoms with Gasteiger partial charge >= 0.3 is 12.2 Å². The normalized spacial score (nSPS) is 22.5. The highest BCUT2D eigenvalue weighted by Gasteiger charge is 2.40. The highest BCUT2D eigenvalue weighted by atomic mass is 19.4. The van der Waals surface area contributed by atoms with E-state index in [1.165, 1.54) is 4.90 Å². The van der Waals surface area contributed by atoms with E-state index in [-0.39, 0.29) is 19.0 Å². The monoisotopic (exact) mass is 471 g/mol. The molecule has 1 aliphatic carbocycles. The Morgan fingerprint density at radius 3 is 2.29 bits per heavy atom. The second-order valence-electron chi connectivity index (χ2n) is 8.71. The van der Waals surface area contributed by atoms with Crippen molar-refractivity contribution in [3.05, 3.63) is 77.6 Å². The summed E-state index contributed by atoms with van der Waals surface area (Å²) in [5.41, 5.74) is 2.86. The van der Waals surface area contributed by atoms with Crippen LogP contribution in [0.15, 0.2) is 72.1 Å². The van der Waals surface area contributed by atoms with Crippen LogP contribution in [0.3, 0.4) is 0 Å². The first-order valence-corrected chi connectivity index (χ1v) is 11.3. The lowest BCUT2D eigenvalue weighted by molar-refractivity contribution is -0.143. The molecular weight excluding hydrogens is 443 g/mol. The van der Waals surface area contributed by atoms with Crippen LogP contribution in [0.25, 0.3) is 0 Å². The molecule has 2 aromatic carbocycles. The van der Waals surface area contributed by atoms with Gasteiger partial charge in [0.2, 0.25) is 0 Å². The second kappa shape index (κ2) is 10.3. The van der Waals surface area contributed by atoms with Gasteiger partial charge in [0.15, 0.2) is 0 Å². The summed E-state index contributed by atoms with van der Waals surface area (Å²) in [7, 11) is 0. The summed E-state index contributed by atoms with van der Waals surface area (Å²) in [6.07, 6.45) is -2.16. The average molecular weight is 472 g/mol. The molecule has 1 heterocycles. The summed E-state index contributed by atoms with van der Waals surface area (Å²) in [4.78, 5) is 14.4. The third kappa shape index (κ3) is 6.17. The number of likely N-dealkylation sites (tertiary alicyclic amines) is 1. The van der Waals surface area contributed by atoms with E-state index in [4.69, 9.17) is 5.41 Å². The molecule has 1 saturated heterocycles. The van der Waals surface area contributed by atoms with Crippen LogP contribution < -0.4 is 16.0 Å². The molecule has 4 N–H and O–H groups in total. The van der Waals surface area contributed by atoms with Gasteiger partial charge in [-0.15, -0.1) is 0 Å². The number of urea groups is 1. The lowest BCUT2D eigenvalue weighted by Crippen LogP contribution is -2.46. The summed E-state index contributed by atoms with van der Waals surface area (Å²) in [5.74, 6) is 0.171. The Hall–Kier alpha value is -3.33. The molecule has 2 amide bonds. The number of allylic oxidation sites excluding steroid dienone is 1. The van der Waals surface area contributed by atoms with Crippen LogP contribution >= 0.6 is 0 Å². The zero-order valence-corrected chi connectivity index (χ0v) is 18.7. The number of amides is 2. The van der Waals surface area contributed by atoms with E-state index >= 15 is 0 Å². The van der Waals surface area contributed by atoms with Gasteiger partial charge in [0.25, 0.3) is 0 Å². The maximum absolute atomic E-state index is 13.0. The van der Waals surface area contributed by atoms with E-state index in [2.05, 4.69) is 16.0 Å². The number of carbonyl (C=O) groups excluding carboxylic acids is 1. The number of hydrogen-bond donors (Lipinski definition) is 4. The van der Waals surface area contributed by atoms with Crippen molar-refractivity contribution in [3.8, 4) is 0 Å². The Labute approximate surface area is 196 Å². The first-order chi connectivity index (χ1) is 16.3. The fourth-order valence-corrected chi connectivity index (χ4v) is 4.64. The van der Waals surface area contributed by atoms with Gasteiger partial charge in [0.05, 0.1) is 12.6 Å². The highest BCUT2D eigenvalue weighted by molar-refractivity contribution is 6.01. The van der Waals surface area contributed by atoms with Crippen molar-refractivity contribution in [3.63, 3.8) is 0 Å². The number of nitrogens with zero attached hydrogens (tertiary/aromatic N) is 1. The number of halogens is 3. The minimum absolute atomic E-state index is 0.0975. The standard InChI is InChI=1S/C25H28F3N5O/c26-25(27,28)16-33-14-20(17-8-3-1-4-9-17)22(15-33)31-24(34)32-23(19-12-7-13-21(19)29)30-18-10-5-2-6-11-18/h1-6,8-11,20,22,29-30H,7,12-16H2,(H2,31,32,34)/b23-19+,29-21?/t20-,22+/m0/s1. The molecular formula is C25H28F3N5O. The van der Waals surface area contributed by atoms with Crippen molar-refractivity contribution in [2.24, 2.45) is 0 Å². The van der Waals surface area contributed by atoms with Gasteiger partial charge in [-0.2, -0.15) is 13.2 Å². The lowest BCUT2D eigenvalue weighted by atomic mass is 9.94. The van der Waals surface area contributed by atoms with Crippen LogP contribution in [0.2, 0.25) is 0 Å². The van der Waals surface area contributed by atoms with E-state index in [0.717, 1.165) is 23.2 Å². The molecule has 6 nitrogen and oxygen atoms in total. The molecule has 9 heteroatoms. The number of benzene rings is 2. The zero-order chi connectivity index (χ0) is 24.1. The van der Waals surface area contributed by atoms with Crippen molar-refractivity contribution >= 4 is 17.4 Å². The minimum Gasteiger partial charge on any atom is -0.341 e. The van der Waals surface area contributed by atoms with Crippen LogP contribution in [-0.4, -0.2) is 48.5 Å². The van der Waals surface area contributed by atoms with Gasteiger partial charge < -0.3 is 16.0 Å². The number of nitrogens with one attached hydrogen (secondary N) is 4. The zero-order valence-electron chi connectivity index (χ0n) is 18.7. The molecule has 4 rings (SSSR count). The van der Waals surface area contributed by atoms with Gasteiger partial charge in [-0.25, -0.2) is 4.79 Å². The number of anilines is 1. The number of para-hydroxylation sites is 1. The minimum atomic E-state index is -4.31. The predicted octanol–water partition coefficient (Wildman–Crippen LogP) is 4.84. The Morgan fingerprint density at radius 2 is 1.68 bits per heavy atom. The Morgan fingerprint density at radius 1 is 1.00 bits per heavy atom. The van der Waals surface area contributed by atoms with Gasteiger partial charge in [0.1, 0.15) is 5.82 Å². The maximum atomic E-state index is 13.0. The molecule has 2 aliphatic rings. The van der Waals surface area contributed by atoms with Crippen LogP contribution in [0.1, 0.15) is 30.7 Å². The molecule has 0 bridgehead atoms. The first-order valence-electron chi connectivity index (χ1n) is 11.3. The largest absolute Gasteiger partial charge is 0.401 e. The third-order valence-electron chi connectivity index (χ3n) is 6.14. The van der Waals surface area contributed by atoms with E-state index in [1.54, 1.807) is 0 Å². The molecule has 2 atom stereocenters. The Kier molecular flexibility index (Phi) is 7.21. The van der Waals surface area contributed by atoms with Gasteiger partial charge in [-0.3, -0.25) is 10.2 Å². The van der Waals surface area contributed by atoms with Crippen LogP contribution in [-0.2, 0) is 0 Å². The SMILES string of the molecule is N=C1CCC/C1=C(\NC(=O)N[C@@H]1CN(CC(F)(F)F)C[C@H]1c1ccccc1)Nc1ccccc1. The Bertz CT molecular complexity index is 1040. The molecule has 2 aromatic rings. The van der Waals surface area contributed by atoms with Crippen molar-refractivity contribution in [1.82, 2.24) is 15.5 Å². The first kappa shape index (κ1) is 23.8. The predicted molar refractivity (Wildman–Crippen MR) is 126 cm³/mol. The molecule has 1 aliphatic heterocycles.